The van der Waals surface area contributed by atoms with Gasteiger partial charge in [-0.05, 0) is 37.1 Å². The fourth-order valence-corrected chi connectivity index (χ4v) is 3.10. The van der Waals surface area contributed by atoms with E-state index in [1.54, 1.807) is 31.2 Å². The SMILES string of the molecule is CCCCn1nc(C(=O)N/N=C(\CC)c2cc(F)ccc2O)c2ccccc2c1=O. The third-order valence-electron chi connectivity index (χ3n) is 4.70. The van der Waals surface area contributed by atoms with Gasteiger partial charge < -0.3 is 5.11 Å². The number of hydrogen-bond acceptors (Lipinski definition) is 5. The molecule has 1 heterocycles. The van der Waals surface area contributed by atoms with Crippen LogP contribution in [0.25, 0.3) is 10.8 Å². The van der Waals surface area contributed by atoms with Gasteiger partial charge in [-0.3, -0.25) is 9.59 Å². The van der Waals surface area contributed by atoms with E-state index in [0.717, 1.165) is 25.0 Å². The molecule has 2 N–H and O–H groups in total. The van der Waals surface area contributed by atoms with Crippen molar-refractivity contribution in [1.29, 1.82) is 0 Å². The minimum Gasteiger partial charge on any atom is -0.507 e. The van der Waals surface area contributed by atoms with Crippen molar-refractivity contribution in [3.8, 4) is 5.75 Å². The summed E-state index contributed by atoms with van der Waals surface area (Å²) < 4.78 is 14.9. The molecule has 30 heavy (non-hydrogen) atoms. The molecule has 2 aromatic carbocycles. The highest BCUT2D eigenvalue weighted by Gasteiger charge is 2.17. The summed E-state index contributed by atoms with van der Waals surface area (Å²) >= 11 is 0. The van der Waals surface area contributed by atoms with Gasteiger partial charge in [-0.15, -0.1) is 0 Å². The van der Waals surface area contributed by atoms with Gasteiger partial charge in [0.05, 0.1) is 11.1 Å². The standard InChI is InChI=1S/C22H23FN4O3/c1-3-5-12-27-22(30)16-9-7-6-8-15(16)20(26-27)21(29)25-24-18(4-2)17-13-14(23)10-11-19(17)28/h6-11,13,28H,3-5,12H2,1-2H3,(H,25,29)/b24-18+. The zero-order valence-corrected chi connectivity index (χ0v) is 16.9. The molecule has 3 rings (SSSR count). The maximum Gasteiger partial charge on any atom is 0.292 e. The van der Waals surface area contributed by atoms with Gasteiger partial charge in [0.1, 0.15) is 11.6 Å². The molecule has 0 spiro atoms. The second-order valence-corrected chi connectivity index (χ2v) is 6.79. The number of rotatable bonds is 7. The van der Waals surface area contributed by atoms with Crippen molar-refractivity contribution in [2.45, 2.75) is 39.7 Å². The number of hydrazone groups is 1. The molecule has 156 valence electrons. The van der Waals surface area contributed by atoms with Crippen LogP contribution in [0.2, 0.25) is 0 Å². The van der Waals surface area contributed by atoms with Crippen molar-refractivity contribution in [1.82, 2.24) is 15.2 Å². The number of benzene rings is 2. The number of phenolic OH excluding ortho intramolecular Hbond substituents is 1. The Morgan fingerprint density at radius 3 is 2.63 bits per heavy atom. The number of phenols is 1. The summed E-state index contributed by atoms with van der Waals surface area (Å²) in [5.41, 5.74) is 2.76. The van der Waals surface area contributed by atoms with E-state index in [0.29, 0.717) is 29.4 Å². The average Bonchev–Trinajstić information content (AvgIpc) is 2.76. The van der Waals surface area contributed by atoms with Crippen LogP contribution < -0.4 is 11.0 Å². The molecular formula is C22H23FN4O3. The average molecular weight is 410 g/mol. The minimum absolute atomic E-state index is 0.0731. The van der Waals surface area contributed by atoms with Gasteiger partial charge in [0.2, 0.25) is 0 Å². The maximum atomic E-state index is 13.6. The lowest BCUT2D eigenvalue weighted by Crippen LogP contribution is -2.29. The molecule has 0 saturated carbocycles. The van der Waals surface area contributed by atoms with Gasteiger partial charge in [-0.2, -0.15) is 10.2 Å². The Labute approximate surface area is 172 Å². The van der Waals surface area contributed by atoms with Crippen molar-refractivity contribution < 1.29 is 14.3 Å². The van der Waals surface area contributed by atoms with Crippen molar-refractivity contribution in [2.75, 3.05) is 0 Å². The molecule has 0 atom stereocenters. The number of carbonyl (C=O) groups is 1. The number of aryl methyl sites for hydroxylation is 1. The highest BCUT2D eigenvalue weighted by molar-refractivity contribution is 6.07. The number of unbranched alkanes of at least 4 members (excludes halogenated alkanes) is 1. The predicted octanol–water partition coefficient (Wildman–Crippen LogP) is 3.59. The van der Waals surface area contributed by atoms with Crippen LogP contribution >= 0.6 is 0 Å². The lowest BCUT2D eigenvalue weighted by Gasteiger charge is -2.11. The summed E-state index contributed by atoms with van der Waals surface area (Å²) in [4.78, 5) is 25.5. The Morgan fingerprint density at radius 1 is 1.20 bits per heavy atom. The van der Waals surface area contributed by atoms with Gasteiger partial charge in [0, 0.05) is 17.5 Å². The van der Waals surface area contributed by atoms with Crippen LogP contribution in [0.3, 0.4) is 0 Å². The number of aromatic nitrogens is 2. The quantitative estimate of drug-likeness (QED) is 0.460. The van der Waals surface area contributed by atoms with Gasteiger partial charge >= 0.3 is 0 Å². The molecule has 0 unspecified atom stereocenters. The van der Waals surface area contributed by atoms with Crippen LogP contribution in [0, 0.1) is 5.82 Å². The summed E-state index contributed by atoms with van der Waals surface area (Å²) in [6, 6.07) is 10.3. The first kappa shape index (κ1) is 21.2. The Hall–Kier alpha value is -3.55. The zero-order chi connectivity index (χ0) is 21.7. The molecule has 0 aliphatic rings. The van der Waals surface area contributed by atoms with Gasteiger partial charge in [0.25, 0.3) is 11.5 Å². The first-order valence-electron chi connectivity index (χ1n) is 9.81. The highest BCUT2D eigenvalue weighted by atomic mass is 19.1. The normalized spacial score (nSPS) is 11.6. The van der Waals surface area contributed by atoms with Crippen LogP contribution in [-0.4, -0.2) is 26.5 Å². The molecule has 0 fully saturated rings. The Balaban J connectivity index is 2.00. The Bertz CT molecular complexity index is 1170. The number of aromatic hydroxyl groups is 1. The van der Waals surface area contributed by atoms with Crippen molar-refractivity contribution >= 4 is 22.4 Å². The fourth-order valence-electron chi connectivity index (χ4n) is 3.10. The van der Waals surface area contributed by atoms with Crippen LogP contribution in [0.15, 0.2) is 52.4 Å². The van der Waals surface area contributed by atoms with E-state index in [2.05, 4.69) is 15.6 Å². The highest BCUT2D eigenvalue weighted by Crippen LogP contribution is 2.20. The van der Waals surface area contributed by atoms with Gasteiger partial charge in [0.15, 0.2) is 5.69 Å². The third kappa shape index (κ3) is 4.37. The van der Waals surface area contributed by atoms with Crippen molar-refractivity contribution in [3.05, 3.63) is 69.9 Å². The van der Waals surface area contributed by atoms with Crippen molar-refractivity contribution in [3.63, 3.8) is 0 Å². The van der Waals surface area contributed by atoms with E-state index < -0.39 is 11.7 Å². The number of nitrogens with one attached hydrogen (secondary N) is 1. The minimum atomic E-state index is -0.599. The van der Waals surface area contributed by atoms with Crippen LogP contribution in [-0.2, 0) is 6.54 Å². The molecule has 3 aromatic rings. The van der Waals surface area contributed by atoms with E-state index in [4.69, 9.17) is 0 Å². The van der Waals surface area contributed by atoms with Crippen LogP contribution in [0.5, 0.6) is 5.75 Å². The predicted molar refractivity (Wildman–Crippen MR) is 113 cm³/mol. The van der Waals surface area contributed by atoms with Crippen LogP contribution in [0.1, 0.15) is 49.2 Å². The molecule has 1 aromatic heterocycles. The summed E-state index contributed by atoms with van der Waals surface area (Å²) in [5, 5.41) is 19.2. The second kappa shape index (κ2) is 9.30. The molecule has 0 aliphatic heterocycles. The third-order valence-corrected chi connectivity index (χ3v) is 4.70. The fraction of sp³-hybridized carbons (Fsp3) is 0.273. The number of carbonyl (C=O) groups excluding carboxylic acids is 1. The van der Waals surface area contributed by atoms with Gasteiger partial charge in [-0.1, -0.05) is 38.5 Å². The van der Waals surface area contributed by atoms with E-state index >= 15 is 0 Å². The topological polar surface area (TPSA) is 96.6 Å². The number of nitrogens with zero attached hydrogens (tertiary/aromatic N) is 3. The summed E-state index contributed by atoms with van der Waals surface area (Å²) in [6.45, 7) is 4.18. The number of hydrogen-bond donors (Lipinski definition) is 2. The smallest absolute Gasteiger partial charge is 0.292 e. The zero-order valence-electron chi connectivity index (χ0n) is 16.9. The number of halogens is 1. The van der Waals surface area contributed by atoms with E-state index in [-0.39, 0.29) is 22.6 Å². The lowest BCUT2D eigenvalue weighted by atomic mass is 10.1. The second-order valence-electron chi connectivity index (χ2n) is 6.79. The summed E-state index contributed by atoms with van der Waals surface area (Å²) in [7, 11) is 0. The van der Waals surface area contributed by atoms with Crippen LogP contribution in [0.4, 0.5) is 4.39 Å². The molecule has 0 radical (unpaired) electrons. The van der Waals surface area contributed by atoms with Gasteiger partial charge in [-0.25, -0.2) is 14.5 Å². The first-order chi connectivity index (χ1) is 14.5. The number of amides is 1. The maximum absolute atomic E-state index is 13.6. The molecule has 0 bridgehead atoms. The molecule has 1 amide bonds. The largest absolute Gasteiger partial charge is 0.507 e. The van der Waals surface area contributed by atoms with Crippen molar-refractivity contribution in [2.24, 2.45) is 5.10 Å². The first-order valence-corrected chi connectivity index (χ1v) is 9.81. The van der Waals surface area contributed by atoms with E-state index in [1.165, 1.54) is 10.7 Å². The molecule has 0 aliphatic carbocycles. The summed E-state index contributed by atoms with van der Waals surface area (Å²) in [5.74, 6) is -1.26. The molecular weight excluding hydrogens is 387 g/mol. The Morgan fingerprint density at radius 2 is 1.93 bits per heavy atom. The molecule has 8 heteroatoms. The number of fused-ring (bicyclic) bond motifs is 1. The molecule has 0 saturated heterocycles. The summed E-state index contributed by atoms with van der Waals surface area (Å²) in [6.07, 6.45) is 1.98. The Kier molecular flexibility index (Phi) is 6.56. The molecule has 7 nitrogen and oxygen atoms in total. The monoisotopic (exact) mass is 410 g/mol. The van der Waals surface area contributed by atoms with E-state index in [1.807, 2.05) is 6.92 Å². The van der Waals surface area contributed by atoms with E-state index in [9.17, 15) is 19.1 Å². The lowest BCUT2D eigenvalue weighted by molar-refractivity contribution is 0.0949.